The average Bonchev–Trinajstić information content (AvgIpc) is 2.78. The van der Waals surface area contributed by atoms with Crippen LogP contribution in [-0.2, 0) is 11.3 Å². The summed E-state index contributed by atoms with van der Waals surface area (Å²) in [6, 6.07) is 6.31. The maximum Gasteiger partial charge on any atom is 0.123 e. The highest BCUT2D eigenvalue weighted by Crippen LogP contribution is 2.26. The summed E-state index contributed by atoms with van der Waals surface area (Å²) in [7, 11) is 0. The van der Waals surface area contributed by atoms with Gasteiger partial charge in [-0.2, -0.15) is 5.10 Å². The molecule has 2 N–H and O–H groups in total. The minimum atomic E-state index is -0.255. The second kappa shape index (κ2) is 6.39. The number of aliphatic hydroxyl groups excluding tert-OH is 1. The first-order chi connectivity index (χ1) is 11.0. The zero-order chi connectivity index (χ0) is 16.4. The molecule has 1 fully saturated rings. The number of nitrogens with one attached hydrogen (secondary N) is 1. The van der Waals surface area contributed by atoms with Gasteiger partial charge in [-0.05, 0) is 38.1 Å². The number of nitrogens with zero attached hydrogens (tertiary/aromatic N) is 2. The predicted octanol–water partition coefficient (Wildman–Crippen LogP) is 1.73. The van der Waals surface area contributed by atoms with Crippen molar-refractivity contribution in [3.8, 4) is 5.69 Å². The average molecular weight is 319 g/mol. The van der Waals surface area contributed by atoms with E-state index in [2.05, 4.69) is 10.4 Å². The van der Waals surface area contributed by atoms with Gasteiger partial charge in [0.25, 0.3) is 0 Å². The van der Waals surface area contributed by atoms with Crippen LogP contribution in [0, 0.1) is 25.1 Å². The van der Waals surface area contributed by atoms with E-state index in [1.807, 2.05) is 18.5 Å². The Kier molecular flexibility index (Phi) is 4.48. The van der Waals surface area contributed by atoms with E-state index in [4.69, 9.17) is 4.74 Å². The van der Waals surface area contributed by atoms with Crippen LogP contribution in [0.15, 0.2) is 24.3 Å². The highest BCUT2D eigenvalue weighted by molar-refractivity contribution is 5.37. The molecule has 0 spiro atoms. The summed E-state index contributed by atoms with van der Waals surface area (Å²) in [5.41, 5.74) is 3.81. The second-order valence-corrected chi connectivity index (χ2v) is 6.29. The zero-order valence-corrected chi connectivity index (χ0v) is 13.5. The first-order valence-electron chi connectivity index (χ1n) is 7.75. The van der Waals surface area contributed by atoms with Gasteiger partial charge in [0.05, 0.1) is 36.6 Å². The Labute approximate surface area is 135 Å². The van der Waals surface area contributed by atoms with Crippen molar-refractivity contribution in [1.29, 1.82) is 0 Å². The van der Waals surface area contributed by atoms with Crippen molar-refractivity contribution in [3.63, 3.8) is 0 Å². The topological polar surface area (TPSA) is 59.3 Å². The number of ether oxygens (including phenoxy) is 1. The van der Waals surface area contributed by atoms with E-state index < -0.39 is 0 Å². The third-order valence-electron chi connectivity index (χ3n) is 4.47. The Morgan fingerprint density at radius 2 is 2.00 bits per heavy atom. The van der Waals surface area contributed by atoms with Crippen molar-refractivity contribution in [1.82, 2.24) is 15.1 Å². The Bertz CT molecular complexity index is 672. The predicted molar refractivity (Wildman–Crippen MR) is 85.0 cm³/mol. The van der Waals surface area contributed by atoms with Crippen molar-refractivity contribution in [2.75, 3.05) is 26.4 Å². The Balaban J connectivity index is 1.72. The molecule has 2 heterocycles. The number of rotatable bonds is 6. The summed E-state index contributed by atoms with van der Waals surface area (Å²) < 4.78 is 20.1. The molecule has 1 aromatic heterocycles. The van der Waals surface area contributed by atoms with Crippen LogP contribution in [0.3, 0.4) is 0 Å². The molecule has 23 heavy (non-hydrogen) atoms. The molecule has 124 valence electrons. The van der Waals surface area contributed by atoms with Crippen LogP contribution in [-0.4, -0.2) is 41.3 Å². The van der Waals surface area contributed by atoms with Crippen molar-refractivity contribution in [2.45, 2.75) is 20.4 Å². The molecular formula is C17H22FN3O2. The Morgan fingerprint density at radius 1 is 1.30 bits per heavy atom. The number of aryl methyl sites for hydroxylation is 1. The zero-order valence-electron chi connectivity index (χ0n) is 13.5. The van der Waals surface area contributed by atoms with Crippen LogP contribution in [0.25, 0.3) is 5.69 Å². The number of aliphatic hydroxyl groups is 1. The third kappa shape index (κ3) is 3.15. The van der Waals surface area contributed by atoms with E-state index in [1.54, 1.807) is 12.1 Å². The molecule has 3 rings (SSSR count). The molecule has 1 aliphatic heterocycles. The minimum Gasteiger partial charge on any atom is -0.396 e. The van der Waals surface area contributed by atoms with E-state index in [1.165, 1.54) is 12.1 Å². The lowest BCUT2D eigenvalue weighted by molar-refractivity contribution is -0.134. The second-order valence-electron chi connectivity index (χ2n) is 6.29. The lowest BCUT2D eigenvalue weighted by Crippen LogP contribution is -2.52. The van der Waals surface area contributed by atoms with Crippen molar-refractivity contribution in [3.05, 3.63) is 47.0 Å². The smallest absolute Gasteiger partial charge is 0.123 e. The van der Waals surface area contributed by atoms with Gasteiger partial charge in [0, 0.05) is 24.3 Å². The van der Waals surface area contributed by atoms with Crippen LogP contribution in [0.4, 0.5) is 4.39 Å². The van der Waals surface area contributed by atoms with E-state index in [-0.39, 0.29) is 17.8 Å². The minimum absolute atomic E-state index is 0.132. The molecule has 0 aliphatic carbocycles. The van der Waals surface area contributed by atoms with E-state index >= 15 is 0 Å². The van der Waals surface area contributed by atoms with Gasteiger partial charge in [-0.3, -0.25) is 0 Å². The van der Waals surface area contributed by atoms with Gasteiger partial charge in [-0.1, -0.05) is 0 Å². The monoisotopic (exact) mass is 319 g/mol. The Hall–Kier alpha value is -1.76. The van der Waals surface area contributed by atoms with E-state index in [0.717, 1.165) is 22.6 Å². The molecule has 1 saturated heterocycles. The van der Waals surface area contributed by atoms with Crippen molar-refractivity contribution in [2.24, 2.45) is 5.41 Å². The molecule has 0 bridgehead atoms. The molecule has 0 unspecified atom stereocenters. The summed E-state index contributed by atoms with van der Waals surface area (Å²) in [4.78, 5) is 0. The summed E-state index contributed by atoms with van der Waals surface area (Å²) in [6.45, 7) is 6.71. The van der Waals surface area contributed by atoms with Crippen molar-refractivity contribution >= 4 is 0 Å². The molecule has 0 amide bonds. The van der Waals surface area contributed by atoms with Crippen LogP contribution in [0.2, 0.25) is 0 Å². The summed E-state index contributed by atoms with van der Waals surface area (Å²) in [5, 5.41) is 17.4. The highest BCUT2D eigenvalue weighted by atomic mass is 19.1. The van der Waals surface area contributed by atoms with Crippen LogP contribution >= 0.6 is 0 Å². The molecule has 1 aliphatic rings. The van der Waals surface area contributed by atoms with Gasteiger partial charge in [0.15, 0.2) is 0 Å². The number of benzene rings is 1. The lowest BCUT2D eigenvalue weighted by Gasteiger charge is -2.40. The van der Waals surface area contributed by atoms with Crippen LogP contribution in [0.1, 0.15) is 17.0 Å². The standard InChI is InChI=1S/C17H22FN3O2/c1-12-16(7-19-8-17(9-22)10-23-11-17)13(2)21(20-12)15-5-3-14(18)4-6-15/h3-6,19,22H,7-11H2,1-2H3. The van der Waals surface area contributed by atoms with Gasteiger partial charge in [0.2, 0.25) is 0 Å². The van der Waals surface area contributed by atoms with Gasteiger partial charge < -0.3 is 15.2 Å². The molecular weight excluding hydrogens is 297 g/mol. The quantitative estimate of drug-likeness (QED) is 0.851. The van der Waals surface area contributed by atoms with Crippen LogP contribution in [0.5, 0.6) is 0 Å². The lowest BCUT2D eigenvalue weighted by atomic mass is 9.87. The summed E-state index contributed by atoms with van der Waals surface area (Å²) >= 11 is 0. The van der Waals surface area contributed by atoms with Crippen LogP contribution < -0.4 is 5.32 Å². The molecule has 0 atom stereocenters. The third-order valence-corrected chi connectivity index (χ3v) is 4.47. The Morgan fingerprint density at radius 3 is 2.57 bits per heavy atom. The van der Waals surface area contributed by atoms with E-state index in [0.29, 0.717) is 26.3 Å². The van der Waals surface area contributed by atoms with Gasteiger partial charge >= 0.3 is 0 Å². The van der Waals surface area contributed by atoms with E-state index in [9.17, 15) is 9.50 Å². The first-order valence-corrected chi connectivity index (χ1v) is 7.75. The fourth-order valence-electron chi connectivity index (χ4n) is 2.86. The largest absolute Gasteiger partial charge is 0.396 e. The number of aromatic nitrogens is 2. The number of hydrogen-bond acceptors (Lipinski definition) is 4. The SMILES string of the molecule is Cc1nn(-c2ccc(F)cc2)c(C)c1CNCC1(CO)COC1. The summed E-state index contributed by atoms with van der Waals surface area (Å²) in [6.07, 6.45) is 0. The number of halogens is 1. The molecule has 0 radical (unpaired) electrons. The fraction of sp³-hybridized carbons (Fsp3) is 0.471. The fourth-order valence-corrected chi connectivity index (χ4v) is 2.86. The normalized spacial score (nSPS) is 16.3. The molecule has 2 aromatic rings. The van der Waals surface area contributed by atoms with Crippen molar-refractivity contribution < 1.29 is 14.2 Å². The molecule has 6 heteroatoms. The van der Waals surface area contributed by atoms with Gasteiger partial charge in [-0.15, -0.1) is 0 Å². The molecule has 0 saturated carbocycles. The molecule has 1 aromatic carbocycles. The maximum absolute atomic E-state index is 13.1. The highest BCUT2D eigenvalue weighted by Gasteiger charge is 2.37. The number of hydrogen-bond donors (Lipinski definition) is 2. The first kappa shape index (κ1) is 16.1. The van der Waals surface area contributed by atoms with Gasteiger partial charge in [-0.25, -0.2) is 9.07 Å². The van der Waals surface area contributed by atoms with Gasteiger partial charge in [0.1, 0.15) is 5.82 Å². The summed E-state index contributed by atoms with van der Waals surface area (Å²) in [5.74, 6) is -0.255. The maximum atomic E-state index is 13.1. The molecule has 5 nitrogen and oxygen atoms in total.